The molecule has 21 heavy (non-hydrogen) atoms. The van der Waals surface area contributed by atoms with Crippen molar-refractivity contribution in [2.45, 2.75) is 70.6 Å². The molecule has 1 aromatic carbocycles. The minimum absolute atomic E-state index is 0.176. The van der Waals surface area contributed by atoms with Crippen LogP contribution in [0.5, 0.6) is 0 Å². The average molecular weight is 287 g/mol. The molecule has 3 rings (SSSR count). The van der Waals surface area contributed by atoms with E-state index in [0.717, 1.165) is 18.3 Å². The number of nitrogens with two attached hydrogens (primary N) is 1. The Balaban J connectivity index is 1.90. The second-order valence-corrected chi connectivity index (χ2v) is 7.40. The highest BCUT2D eigenvalue weighted by atomic mass is 16.7. The molecule has 1 aliphatic heterocycles. The molecule has 4 heteroatoms. The van der Waals surface area contributed by atoms with Crippen molar-refractivity contribution in [2.24, 2.45) is 5.73 Å². The summed E-state index contributed by atoms with van der Waals surface area (Å²) in [5.74, 6) is 0. The zero-order valence-corrected chi connectivity index (χ0v) is 13.6. The van der Waals surface area contributed by atoms with Crippen LogP contribution in [0, 0.1) is 0 Å². The van der Waals surface area contributed by atoms with Crippen LogP contribution in [0.4, 0.5) is 0 Å². The van der Waals surface area contributed by atoms with Gasteiger partial charge in [0.2, 0.25) is 0 Å². The predicted molar refractivity (Wildman–Crippen MR) is 86.6 cm³/mol. The van der Waals surface area contributed by atoms with Crippen molar-refractivity contribution in [1.29, 1.82) is 0 Å². The predicted octanol–water partition coefficient (Wildman–Crippen LogP) is 2.71. The van der Waals surface area contributed by atoms with Gasteiger partial charge in [-0.25, -0.2) is 0 Å². The molecule has 2 N–H and O–H groups in total. The lowest BCUT2D eigenvalue weighted by Gasteiger charge is -2.32. The second kappa shape index (κ2) is 5.11. The van der Waals surface area contributed by atoms with E-state index >= 15 is 0 Å². The summed E-state index contributed by atoms with van der Waals surface area (Å²) in [6.07, 6.45) is 4.62. The Labute approximate surface area is 128 Å². The fraction of sp³-hybridized carbons (Fsp3) is 0.647. The first-order valence-corrected chi connectivity index (χ1v) is 8.04. The molecule has 1 unspecified atom stereocenters. The molecule has 0 spiro atoms. The Bertz CT molecular complexity index is 526. The summed E-state index contributed by atoms with van der Waals surface area (Å²) in [4.78, 5) is 0. The van der Waals surface area contributed by atoms with Crippen LogP contribution in [0.25, 0.3) is 0 Å². The number of benzene rings is 1. The Kier molecular flexibility index (Phi) is 3.67. The Morgan fingerprint density at radius 2 is 1.76 bits per heavy atom. The quantitative estimate of drug-likeness (QED) is 0.638. The van der Waals surface area contributed by atoms with E-state index in [1.807, 2.05) is 0 Å². The van der Waals surface area contributed by atoms with E-state index in [9.17, 15) is 0 Å². The smallest absolute Gasteiger partial charge is 0.399 e. The van der Waals surface area contributed by atoms with Gasteiger partial charge in [-0.1, -0.05) is 24.6 Å². The molecule has 1 fully saturated rings. The summed E-state index contributed by atoms with van der Waals surface area (Å²) in [5, 5.41) is 0. The molecule has 1 aromatic rings. The maximum atomic E-state index is 6.27. The zero-order chi connectivity index (χ0) is 15.3. The van der Waals surface area contributed by atoms with Gasteiger partial charge in [-0.2, -0.15) is 0 Å². The van der Waals surface area contributed by atoms with Crippen molar-refractivity contribution in [3.8, 4) is 0 Å². The number of aryl methyl sites for hydroxylation is 1. The summed E-state index contributed by atoms with van der Waals surface area (Å²) in [6, 6.07) is 6.70. The fourth-order valence-electron chi connectivity index (χ4n) is 3.16. The van der Waals surface area contributed by atoms with Gasteiger partial charge in [0.05, 0.1) is 11.2 Å². The maximum absolute atomic E-state index is 6.27. The van der Waals surface area contributed by atoms with Crippen molar-refractivity contribution in [1.82, 2.24) is 0 Å². The van der Waals surface area contributed by atoms with E-state index in [0.29, 0.717) is 0 Å². The fourth-order valence-corrected chi connectivity index (χ4v) is 3.16. The lowest BCUT2D eigenvalue weighted by molar-refractivity contribution is 0.00578. The third kappa shape index (κ3) is 2.65. The molecule has 0 amide bonds. The monoisotopic (exact) mass is 287 g/mol. The standard InChI is InChI=1S/C17H26BNO2/c1-16(2)17(3,4)21-18(20-16)13-9-10-14-12(11-13)7-5-6-8-15(14)19/h9-11,15H,5-8,19H2,1-4H3. The molecule has 1 saturated heterocycles. The highest BCUT2D eigenvalue weighted by Gasteiger charge is 2.51. The van der Waals surface area contributed by atoms with E-state index in [1.54, 1.807) is 0 Å². The number of hydrogen-bond donors (Lipinski definition) is 1. The molecule has 1 atom stereocenters. The first-order valence-electron chi connectivity index (χ1n) is 8.04. The second-order valence-electron chi connectivity index (χ2n) is 7.40. The van der Waals surface area contributed by atoms with Crippen molar-refractivity contribution in [3.63, 3.8) is 0 Å². The van der Waals surface area contributed by atoms with Crippen LogP contribution in [0.15, 0.2) is 18.2 Å². The van der Waals surface area contributed by atoms with Crippen LogP contribution in [0.3, 0.4) is 0 Å². The zero-order valence-electron chi connectivity index (χ0n) is 13.6. The van der Waals surface area contributed by atoms with E-state index in [-0.39, 0.29) is 24.4 Å². The molecular formula is C17H26BNO2. The summed E-state index contributed by atoms with van der Waals surface area (Å²) >= 11 is 0. The average Bonchev–Trinajstić information content (AvgIpc) is 2.54. The Morgan fingerprint density at radius 1 is 1.10 bits per heavy atom. The van der Waals surface area contributed by atoms with Crippen molar-refractivity contribution < 1.29 is 9.31 Å². The van der Waals surface area contributed by atoms with Crippen LogP contribution in [-0.2, 0) is 15.7 Å². The number of rotatable bonds is 1. The minimum Gasteiger partial charge on any atom is -0.399 e. The highest BCUT2D eigenvalue weighted by Crippen LogP contribution is 2.36. The molecule has 3 nitrogen and oxygen atoms in total. The van der Waals surface area contributed by atoms with Gasteiger partial charge in [0.15, 0.2) is 0 Å². The van der Waals surface area contributed by atoms with Gasteiger partial charge < -0.3 is 15.0 Å². The summed E-state index contributed by atoms with van der Waals surface area (Å²) in [6.45, 7) is 8.36. The van der Waals surface area contributed by atoms with Gasteiger partial charge in [-0.05, 0) is 63.5 Å². The van der Waals surface area contributed by atoms with Crippen molar-refractivity contribution in [3.05, 3.63) is 29.3 Å². The van der Waals surface area contributed by atoms with E-state index in [4.69, 9.17) is 15.0 Å². The lowest BCUT2D eigenvalue weighted by atomic mass is 9.77. The third-order valence-corrected chi connectivity index (χ3v) is 5.30. The van der Waals surface area contributed by atoms with Gasteiger partial charge in [0.25, 0.3) is 0 Å². The molecule has 0 aromatic heterocycles. The van der Waals surface area contributed by atoms with E-state index in [1.165, 1.54) is 24.0 Å². The first kappa shape index (κ1) is 15.1. The molecule has 1 aliphatic carbocycles. The molecule has 114 valence electrons. The van der Waals surface area contributed by atoms with Crippen molar-refractivity contribution in [2.75, 3.05) is 0 Å². The van der Waals surface area contributed by atoms with Crippen LogP contribution in [0.2, 0.25) is 0 Å². The van der Waals surface area contributed by atoms with Gasteiger partial charge in [0.1, 0.15) is 0 Å². The molecule has 0 saturated carbocycles. The van der Waals surface area contributed by atoms with Crippen LogP contribution >= 0.6 is 0 Å². The Morgan fingerprint density at radius 3 is 2.43 bits per heavy atom. The molecule has 1 heterocycles. The molecule has 2 aliphatic rings. The highest BCUT2D eigenvalue weighted by molar-refractivity contribution is 6.62. The van der Waals surface area contributed by atoms with Crippen LogP contribution < -0.4 is 11.2 Å². The van der Waals surface area contributed by atoms with Crippen LogP contribution in [0.1, 0.15) is 64.1 Å². The topological polar surface area (TPSA) is 44.5 Å². The number of fused-ring (bicyclic) bond motifs is 1. The van der Waals surface area contributed by atoms with Gasteiger partial charge in [0, 0.05) is 6.04 Å². The summed E-state index contributed by atoms with van der Waals surface area (Å²) in [5.41, 5.74) is 9.47. The summed E-state index contributed by atoms with van der Waals surface area (Å²) in [7, 11) is -0.278. The first-order chi connectivity index (χ1) is 9.80. The third-order valence-electron chi connectivity index (χ3n) is 5.30. The molecule has 0 radical (unpaired) electrons. The van der Waals surface area contributed by atoms with Crippen molar-refractivity contribution >= 4 is 12.6 Å². The Hall–Kier alpha value is -0.835. The normalized spacial score (nSPS) is 27.3. The van der Waals surface area contributed by atoms with Crippen LogP contribution in [-0.4, -0.2) is 18.3 Å². The molecule has 0 bridgehead atoms. The lowest BCUT2D eigenvalue weighted by Crippen LogP contribution is -2.41. The van der Waals surface area contributed by atoms with Gasteiger partial charge >= 0.3 is 7.12 Å². The number of hydrogen-bond acceptors (Lipinski definition) is 3. The summed E-state index contributed by atoms with van der Waals surface area (Å²) < 4.78 is 12.3. The maximum Gasteiger partial charge on any atom is 0.494 e. The minimum atomic E-state index is -0.291. The van der Waals surface area contributed by atoms with E-state index < -0.39 is 0 Å². The van der Waals surface area contributed by atoms with Gasteiger partial charge in [-0.15, -0.1) is 0 Å². The largest absolute Gasteiger partial charge is 0.494 e. The SMILES string of the molecule is CC1(C)OB(c2ccc3c(c2)CCCCC3N)OC1(C)C. The van der Waals surface area contributed by atoms with Gasteiger partial charge in [-0.3, -0.25) is 0 Å². The van der Waals surface area contributed by atoms with E-state index in [2.05, 4.69) is 45.9 Å². The molecular weight excluding hydrogens is 261 g/mol.